The smallest absolute Gasteiger partial charge is 0.257 e. The third-order valence-corrected chi connectivity index (χ3v) is 6.35. The lowest BCUT2D eigenvalue weighted by atomic mass is 9.82. The van der Waals surface area contributed by atoms with Crippen LogP contribution in [0.5, 0.6) is 5.75 Å². The second kappa shape index (κ2) is 7.10. The minimum atomic E-state index is -0.0521. The van der Waals surface area contributed by atoms with Crippen LogP contribution in [-0.2, 0) is 24.0 Å². The number of fused-ring (bicyclic) bond motifs is 1. The second-order valence-corrected chi connectivity index (χ2v) is 8.89. The maximum atomic E-state index is 12.7. The van der Waals surface area contributed by atoms with Gasteiger partial charge < -0.3 is 14.4 Å². The van der Waals surface area contributed by atoms with E-state index >= 15 is 0 Å². The van der Waals surface area contributed by atoms with Crippen LogP contribution in [0.1, 0.15) is 47.6 Å². The number of hydrogen-bond acceptors (Lipinski definition) is 5. The van der Waals surface area contributed by atoms with E-state index in [1.807, 2.05) is 18.7 Å². The Morgan fingerprint density at radius 3 is 2.62 bits per heavy atom. The number of hydrogen-bond donors (Lipinski definition) is 0. The summed E-state index contributed by atoms with van der Waals surface area (Å²) in [5.74, 6) is 2.27. The molecular weight excluding hydrogens is 366 g/mol. The monoisotopic (exact) mass is 393 g/mol. The third-order valence-electron chi connectivity index (χ3n) is 6.35. The Labute approximate surface area is 171 Å². The average molecular weight is 393 g/mol. The normalized spacial score (nSPS) is 21.6. The molecule has 6 heteroatoms. The number of ether oxygens (including phenoxy) is 2. The number of likely N-dealkylation sites (tertiary alicyclic amines) is 1. The Kier molecular flexibility index (Phi) is 4.54. The van der Waals surface area contributed by atoms with Crippen LogP contribution < -0.4 is 4.74 Å². The van der Waals surface area contributed by atoms with Gasteiger partial charge in [-0.15, -0.1) is 0 Å². The van der Waals surface area contributed by atoms with E-state index in [0.717, 1.165) is 43.8 Å². The highest BCUT2D eigenvalue weighted by atomic mass is 16.5. The molecule has 2 fully saturated rings. The van der Waals surface area contributed by atoms with Crippen LogP contribution >= 0.6 is 0 Å². The van der Waals surface area contributed by atoms with E-state index in [2.05, 4.69) is 28.2 Å². The van der Waals surface area contributed by atoms with Crippen LogP contribution in [0.4, 0.5) is 0 Å². The molecule has 1 atom stereocenters. The minimum absolute atomic E-state index is 0.0250. The highest BCUT2D eigenvalue weighted by Crippen LogP contribution is 2.38. The van der Waals surface area contributed by atoms with Crippen LogP contribution in [0.3, 0.4) is 0 Å². The molecule has 0 radical (unpaired) electrons. The molecule has 5 rings (SSSR count). The van der Waals surface area contributed by atoms with Crippen molar-refractivity contribution in [3.8, 4) is 5.75 Å². The first-order valence-corrected chi connectivity index (χ1v) is 10.5. The largest absolute Gasteiger partial charge is 0.491 e. The fourth-order valence-electron chi connectivity index (χ4n) is 4.65. The predicted molar refractivity (Wildman–Crippen MR) is 108 cm³/mol. The summed E-state index contributed by atoms with van der Waals surface area (Å²) < 4.78 is 11.1. The number of amides is 1. The van der Waals surface area contributed by atoms with E-state index in [9.17, 15) is 4.79 Å². The zero-order chi connectivity index (χ0) is 20.0. The number of rotatable bonds is 5. The number of nitrogens with zero attached hydrogens (tertiary/aromatic N) is 3. The van der Waals surface area contributed by atoms with Gasteiger partial charge in [0.05, 0.1) is 30.4 Å². The van der Waals surface area contributed by atoms with Crippen LogP contribution in [0.15, 0.2) is 30.6 Å². The molecule has 3 aliphatic rings. The molecule has 29 heavy (non-hydrogen) atoms. The summed E-state index contributed by atoms with van der Waals surface area (Å²) in [5.41, 5.74) is 3.28. The van der Waals surface area contributed by atoms with Gasteiger partial charge in [-0.25, -0.2) is 9.97 Å². The third kappa shape index (κ3) is 3.39. The van der Waals surface area contributed by atoms with Crippen molar-refractivity contribution in [1.82, 2.24) is 14.9 Å². The second-order valence-electron chi connectivity index (χ2n) is 8.89. The molecule has 0 saturated carbocycles. The van der Waals surface area contributed by atoms with Gasteiger partial charge >= 0.3 is 0 Å². The lowest BCUT2D eigenvalue weighted by molar-refractivity contribution is -0.172. The van der Waals surface area contributed by atoms with Gasteiger partial charge in [0.15, 0.2) is 0 Å². The molecule has 152 valence electrons. The summed E-state index contributed by atoms with van der Waals surface area (Å²) in [7, 11) is 0. The minimum Gasteiger partial charge on any atom is -0.491 e. The molecule has 0 N–H and O–H groups in total. The van der Waals surface area contributed by atoms with Crippen molar-refractivity contribution in [3.63, 3.8) is 0 Å². The van der Waals surface area contributed by atoms with E-state index in [1.54, 1.807) is 12.4 Å². The Bertz CT molecular complexity index is 916. The summed E-state index contributed by atoms with van der Waals surface area (Å²) in [4.78, 5) is 23.6. The van der Waals surface area contributed by atoms with Crippen LogP contribution in [-0.4, -0.2) is 52.2 Å². The molecule has 1 unspecified atom stereocenters. The zero-order valence-electron chi connectivity index (χ0n) is 17.1. The summed E-state index contributed by atoms with van der Waals surface area (Å²) in [6, 6.07) is 6.42. The van der Waals surface area contributed by atoms with Gasteiger partial charge in [0.1, 0.15) is 11.6 Å². The Morgan fingerprint density at radius 2 is 2.00 bits per heavy atom. The van der Waals surface area contributed by atoms with Gasteiger partial charge in [-0.1, -0.05) is 6.07 Å². The number of carbonyl (C=O) groups is 1. The molecule has 2 aliphatic heterocycles. The van der Waals surface area contributed by atoms with Crippen molar-refractivity contribution in [2.45, 2.75) is 51.2 Å². The van der Waals surface area contributed by atoms with Crippen molar-refractivity contribution in [2.75, 3.05) is 19.8 Å². The van der Waals surface area contributed by atoms with Crippen molar-refractivity contribution in [3.05, 3.63) is 53.1 Å². The molecule has 1 spiro atoms. The van der Waals surface area contributed by atoms with Crippen LogP contribution in [0, 0.1) is 5.92 Å². The molecule has 1 aromatic carbocycles. The van der Waals surface area contributed by atoms with E-state index < -0.39 is 0 Å². The van der Waals surface area contributed by atoms with E-state index in [4.69, 9.17) is 9.47 Å². The molecule has 2 aromatic rings. The lowest BCUT2D eigenvalue weighted by Gasteiger charge is -2.57. The molecule has 6 nitrogen and oxygen atoms in total. The summed E-state index contributed by atoms with van der Waals surface area (Å²) >= 11 is 0. The van der Waals surface area contributed by atoms with Crippen molar-refractivity contribution >= 4 is 5.91 Å². The van der Waals surface area contributed by atoms with Crippen molar-refractivity contribution in [2.24, 2.45) is 5.92 Å². The summed E-state index contributed by atoms with van der Waals surface area (Å²) in [5, 5.41) is 0. The Morgan fingerprint density at radius 1 is 1.24 bits per heavy atom. The SMILES string of the molecule is CC(C)Oc1ccc2c(c1)CC(Cc1ncc(C(=O)N3CCC34COC4)cn1)C2. The Hall–Kier alpha value is -2.47. The molecule has 0 bridgehead atoms. The van der Waals surface area contributed by atoms with E-state index in [0.29, 0.717) is 24.7 Å². The van der Waals surface area contributed by atoms with Crippen molar-refractivity contribution in [1.29, 1.82) is 0 Å². The summed E-state index contributed by atoms with van der Waals surface area (Å²) in [6.07, 6.45) is 7.47. The maximum Gasteiger partial charge on any atom is 0.257 e. The van der Waals surface area contributed by atoms with Gasteiger partial charge in [-0.05, 0) is 62.3 Å². The highest BCUT2D eigenvalue weighted by molar-refractivity contribution is 5.94. The average Bonchev–Trinajstić information content (AvgIpc) is 3.01. The molecule has 1 aliphatic carbocycles. The van der Waals surface area contributed by atoms with E-state index in [1.165, 1.54) is 11.1 Å². The standard InChI is InChI=1S/C23H27N3O3/c1-15(2)29-20-4-3-17-7-16(8-18(17)10-20)9-21-24-11-19(12-25-21)22(27)26-6-5-23(26)13-28-14-23/h3-4,10-12,15-16H,5-9,13-14H2,1-2H3. The van der Waals surface area contributed by atoms with Crippen LogP contribution in [0.2, 0.25) is 0 Å². The molecule has 1 amide bonds. The fourth-order valence-corrected chi connectivity index (χ4v) is 4.65. The van der Waals surface area contributed by atoms with Gasteiger partial charge in [0.25, 0.3) is 5.91 Å². The first kappa shape index (κ1) is 18.6. The quantitative estimate of drug-likeness (QED) is 0.782. The lowest BCUT2D eigenvalue weighted by Crippen LogP contribution is -2.72. The van der Waals surface area contributed by atoms with Gasteiger partial charge in [0, 0.05) is 25.4 Å². The number of aromatic nitrogens is 2. The molecule has 3 heterocycles. The number of carbonyl (C=O) groups excluding carboxylic acids is 1. The topological polar surface area (TPSA) is 64.5 Å². The molecule has 1 aromatic heterocycles. The van der Waals surface area contributed by atoms with Crippen LogP contribution in [0.25, 0.3) is 0 Å². The van der Waals surface area contributed by atoms with Gasteiger partial charge in [0.2, 0.25) is 0 Å². The molecular formula is C23H27N3O3. The first-order valence-electron chi connectivity index (χ1n) is 10.5. The van der Waals surface area contributed by atoms with Gasteiger partial charge in [-0.3, -0.25) is 4.79 Å². The molecule has 2 saturated heterocycles. The van der Waals surface area contributed by atoms with Gasteiger partial charge in [-0.2, -0.15) is 0 Å². The summed E-state index contributed by atoms with van der Waals surface area (Å²) in [6.45, 7) is 6.20. The van der Waals surface area contributed by atoms with E-state index in [-0.39, 0.29) is 17.6 Å². The fraction of sp³-hybridized carbons (Fsp3) is 0.522. The zero-order valence-corrected chi connectivity index (χ0v) is 17.1. The number of benzene rings is 1. The highest BCUT2D eigenvalue weighted by Gasteiger charge is 2.53. The Balaban J connectivity index is 1.21. The van der Waals surface area contributed by atoms with Crippen molar-refractivity contribution < 1.29 is 14.3 Å². The maximum absolute atomic E-state index is 12.7. The predicted octanol–water partition coefficient (Wildman–Crippen LogP) is 2.84. The first-order chi connectivity index (χ1) is 14.0.